The van der Waals surface area contributed by atoms with Crippen molar-refractivity contribution < 1.29 is 4.74 Å². The third-order valence-electron chi connectivity index (χ3n) is 4.22. The smallest absolute Gasteiger partial charge is 0.163 e. The minimum atomic E-state index is 0.755. The normalized spacial score (nSPS) is 13.2. The number of benzene rings is 1. The monoisotopic (exact) mass is 309 g/mol. The van der Waals surface area contributed by atoms with Gasteiger partial charge in [0.1, 0.15) is 17.4 Å². The van der Waals surface area contributed by atoms with Crippen LogP contribution in [0.5, 0.6) is 5.75 Å². The van der Waals surface area contributed by atoms with Crippen molar-refractivity contribution in [3.8, 4) is 5.75 Å². The molecule has 6 nitrogen and oxygen atoms in total. The summed E-state index contributed by atoms with van der Waals surface area (Å²) in [4.78, 5) is 11.2. The lowest BCUT2D eigenvalue weighted by Crippen LogP contribution is -2.18. The molecule has 0 N–H and O–H groups in total. The van der Waals surface area contributed by atoms with E-state index in [1.54, 1.807) is 4.68 Å². The van der Waals surface area contributed by atoms with Crippen molar-refractivity contribution in [3.63, 3.8) is 0 Å². The Bertz CT molecular complexity index is 886. The van der Waals surface area contributed by atoms with Crippen LogP contribution < -0.4 is 9.64 Å². The van der Waals surface area contributed by atoms with Gasteiger partial charge in [-0.15, -0.1) is 0 Å². The van der Waals surface area contributed by atoms with E-state index in [0.29, 0.717) is 0 Å². The number of aromatic nitrogens is 4. The Morgan fingerprint density at radius 1 is 1.30 bits per heavy atom. The molecule has 118 valence electrons. The number of rotatable bonds is 3. The topological polar surface area (TPSA) is 56.1 Å². The number of anilines is 1. The maximum absolute atomic E-state index is 5.57. The van der Waals surface area contributed by atoms with E-state index < -0.39 is 0 Å². The molecule has 0 radical (unpaired) electrons. The number of hydrogen-bond donors (Lipinski definition) is 0. The molecular weight excluding hydrogens is 290 g/mol. The Labute approximate surface area is 134 Å². The van der Waals surface area contributed by atoms with Gasteiger partial charge in [-0.25, -0.2) is 9.97 Å². The second-order valence-electron chi connectivity index (χ2n) is 6.00. The number of hydrogen-bond acceptors (Lipinski definition) is 5. The molecule has 6 heteroatoms. The fourth-order valence-electron chi connectivity index (χ4n) is 3.09. The van der Waals surface area contributed by atoms with Crippen LogP contribution in [0.4, 0.5) is 5.82 Å². The maximum Gasteiger partial charge on any atom is 0.163 e. The summed E-state index contributed by atoms with van der Waals surface area (Å²) >= 11 is 0. The molecule has 0 atom stereocenters. The van der Waals surface area contributed by atoms with E-state index in [9.17, 15) is 0 Å². The summed E-state index contributed by atoms with van der Waals surface area (Å²) in [5, 5.41) is 5.28. The lowest BCUT2D eigenvalue weighted by molar-refractivity contribution is 0.357. The first-order valence-corrected chi connectivity index (χ1v) is 7.74. The van der Waals surface area contributed by atoms with Gasteiger partial charge in [-0.3, -0.25) is 4.68 Å². The third-order valence-corrected chi connectivity index (χ3v) is 4.22. The van der Waals surface area contributed by atoms with E-state index in [0.717, 1.165) is 48.0 Å². The number of aryl methyl sites for hydroxylation is 2. The largest absolute Gasteiger partial charge is 0.493 e. The Kier molecular flexibility index (Phi) is 3.18. The Hall–Kier alpha value is -2.63. The van der Waals surface area contributed by atoms with Crippen molar-refractivity contribution in [2.45, 2.75) is 19.9 Å². The highest BCUT2D eigenvalue weighted by Crippen LogP contribution is 2.28. The summed E-state index contributed by atoms with van der Waals surface area (Å²) in [6.07, 6.45) is 2.82. The van der Waals surface area contributed by atoms with Crippen LogP contribution in [-0.4, -0.2) is 33.4 Å². The van der Waals surface area contributed by atoms with Crippen molar-refractivity contribution in [1.82, 2.24) is 19.7 Å². The summed E-state index contributed by atoms with van der Waals surface area (Å²) in [7, 11) is 3.96. The Balaban J connectivity index is 1.68. The second kappa shape index (κ2) is 5.22. The molecule has 23 heavy (non-hydrogen) atoms. The molecule has 1 aliphatic rings. The van der Waals surface area contributed by atoms with Crippen LogP contribution in [0.15, 0.2) is 24.4 Å². The lowest BCUT2D eigenvalue weighted by Gasteiger charge is -2.19. The van der Waals surface area contributed by atoms with Crippen LogP contribution in [0.3, 0.4) is 0 Å². The lowest BCUT2D eigenvalue weighted by atomic mass is 10.1. The van der Waals surface area contributed by atoms with E-state index >= 15 is 0 Å². The quantitative estimate of drug-likeness (QED) is 0.742. The predicted octanol–water partition coefficient (Wildman–Crippen LogP) is 2.24. The van der Waals surface area contributed by atoms with Crippen LogP contribution in [-0.2, 0) is 20.0 Å². The molecule has 3 heterocycles. The first-order chi connectivity index (χ1) is 11.1. The summed E-state index contributed by atoms with van der Waals surface area (Å²) in [6.45, 7) is 3.49. The van der Waals surface area contributed by atoms with Gasteiger partial charge in [-0.2, -0.15) is 5.10 Å². The van der Waals surface area contributed by atoms with Gasteiger partial charge in [0.15, 0.2) is 5.65 Å². The molecule has 0 amide bonds. The summed E-state index contributed by atoms with van der Waals surface area (Å²) in [5.41, 5.74) is 3.41. The average molecular weight is 309 g/mol. The molecule has 2 aromatic heterocycles. The molecule has 0 unspecified atom stereocenters. The van der Waals surface area contributed by atoms with E-state index in [1.807, 2.05) is 20.2 Å². The average Bonchev–Trinajstić information content (AvgIpc) is 3.13. The second-order valence-corrected chi connectivity index (χ2v) is 6.00. The summed E-state index contributed by atoms with van der Waals surface area (Å²) < 4.78 is 7.36. The highest BCUT2D eigenvalue weighted by molar-refractivity contribution is 5.86. The van der Waals surface area contributed by atoms with E-state index in [4.69, 9.17) is 4.74 Å². The van der Waals surface area contributed by atoms with Gasteiger partial charge >= 0.3 is 0 Å². The molecule has 0 spiro atoms. The molecule has 0 aliphatic carbocycles. The van der Waals surface area contributed by atoms with E-state index in [2.05, 4.69) is 45.2 Å². The molecule has 0 bridgehead atoms. The highest BCUT2D eigenvalue weighted by Gasteiger charge is 2.16. The Morgan fingerprint density at radius 3 is 3.04 bits per heavy atom. The molecule has 0 saturated heterocycles. The van der Waals surface area contributed by atoms with Crippen molar-refractivity contribution in [3.05, 3.63) is 41.3 Å². The molecule has 4 rings (SSSR count). The molecular formula is C17H19N5O. The van der Waals surface area contributed by atoms with Gasteiger partial charge in [0, 0.05) is 27.1 Å². The zero-order valence-corrected chi connectivity index (χ0v) is 13.6. The highest BCUT2D eigenvalue weighted by atomic mass is 16.5. The van der Waals surface area contributed by atoms with Crippen LogP contribution in [0.1, 0.15) is 17.0 Å². The van der Waals surface area contributed by atoms with E-state index in [1.165, 1.54) is 11.1 Å². The number of ether oxygens (including phenoxy) is 1. The standard InChI is InChI=1S/C17H19N5O/c1-11-19-16(14-9-18-22(3)17(14)20-11)21(2)10-12-4-5-15-13(8-12)6-7-23-15/h4-5,8-9H,6-7,10H2,1-3H3. The molecule has 1 aromatic carbocycles. The van der Waals surface area contributed by atoms with Gasteiger partial charge in [-0.05, 0) is 24.1 Å². The zero-order valence-electron chi connectivity index (χ0n) is 13.6. The fraction of sp³-hybridized carbons (Fsp3) is 0.353. The van der Waals surface area contributed by atoms with Gasteiger partial charge in [0.2, 0.25) is 0 Å². The van der Waals surface area contributed by atoms with Gasteiger partial charge in [0.05, 0.1) is 18.2 Å². The van der Waals surface area contributed by atoms with Crippen molar-refractivity contribution in [2.24, 2.45) is 7.05 Å². The zero-order chi connectivity index (χ0) is 16.0. The minimum absolute atomic E-state index is 0.755. The predicted molar refractivity (Wildman–Crippen MR) is 88.8 cm³/mol. The van der Waals surface area contributed by atoms with Crippen molar-refractivity contribution in [2.75, 3.05) is 18.6 Å². The van der Waals surface area contributed by atoms with Gasteiger partial charge < -0.3 is 9.64 Å². The SMILES string of the molecule is Cc1nc(N(C)Cc2ccc3c(c2)CCO3)c2cnn(C)c2n1. The van der Waals surface area contributed by atoms with Crippen LogP contribution >= 0.6 is 0 Å². The molecule has 1 aliphatic heterocycles. The minimum Gasteiger partial charge on any atom is -0.493 e. The van der Waals surface area contributed by atoms with E-state index in [-0.39, 0.29) is 0 Å². The fourth-order valence-corrected chi connectivity index (χ4v) is 3.09. The summed E-state index contributed by atoms with van der Waals surface area (Å²) in [6, 6.07) is 6.42. The molecule has 3 aromatic rings. The number of fused-ring (bicyclic) bond motifs is 2. The number of nitrogens with zero attached hydrogens (tertiary/aromatic N) is 5. The van der Waals surface area contributed by atoms with Crippen molar-refractivity contribution in [1.29, 1.82) is 0 Å². The maximum atomic E-state index is 5.57. The third kappa shape index (κ3) is 2.40. The summed E-state index contributed by atoms with van der Waals surface area (Å²) in [5.74, 6) is 2.69. The van der Waals surface area contributed by atoms with Crippen LogP contribution in [0.25, 0.3) is 11.0 Å². The first kappa shape index (κ1) is 14.0. The van der Waals surface area contributed by atoms with Crippen LogP contribution in [0.2, 0.25) is 0 Å². The van der Waals surface area contributed by atoms with Crippen LogP contribution in [0, 0.1) is 6.92 Å². The van der Waals surface area contributed by atoms with Gasteiger partial charge in [0.25, 0.3) is 0 Å². The Morgan fingerprint density at radius 2 is 2.17 bits per heavy atom. The van der Waals surface area contributed by atoms with Crippen molar-refractivity contribution >= 4 is 16.9 Å². The van der Waals surface area contributed by atoms with Gasteiger partial charge in [-0.1, -0.05) is 12.1 Å². The molecule has 0 saturated carbocycles. The first-order valence-electron chi connectivity index (χ1n) is 7.74. The molecule has 0 fully saturated rings.